The van der Waals surface area contributed by atoms with Gasteiger partial charge in [-0.3, -0.25) is 4.79 Å². The van der Waals surface area contributed by atoms with E-state index in [-0.39, 0.29) is 17.9 Å². The van der Waals surface area contributed by atoms with E-state index >= 15 is 0 Å². The monoisotopic (exact) mass is 253 g/mol. The van der Waals surface area contributed by atoms with Crippen LogP contribution in [-0.2, 0) is 4.79 Å². The number of hydrogen-bond acceptors (Lipinski definition) is 2. The molecule has 0 aliphatic heterocycles. The minimum atomic E-state index is -0.389. The van der Waals surface area contributed by atoms with Gasteiger partial charge in [0.1, 0.15) is 0 Å². The van der Waals surface area contributed by atoms with Gasteiger partial charge < -0.3 is 10.4 Å². The van der Waals surface area contributed by atoms with E-state index in [1.54, 1.807) is 0 Å². The van der Waals surface area contributed by atoms with Crippen LogP contribution in [0.4, 0.5) is 0 Å². The van der Waals surface area contributed by atoms with Gasteiger partial charge in [0.2, 0.25) is 5.91 Å². The summed E-state index contributed by atoms with van der Waals surface area (Å²) in [6, 6.07) is 0. The topological polar surface area (TPSA) is 49.3 Å². The van der Waals surface area contributed by atoms with Gasteiger partial charge in [-0.15, -0.1) is 0 Å². The van der Waals surface area contributed by atoms with Crippen molar-refractivity contribution in [2.75, 3.05) is 6.54 Å². The molecule has 0 spiro atoms. The van der Waals surface area contributed by atoms with Gasteiger partial charge in [-0.1, -0.05) is 32.6 Å². The number of amides is 1. The molecule has 2 fully saturated rings. The van der Waals surface area contributed by atoms with Crippen LogP contribution in [0.5, 0.6) is 0 Å². The second-order valence-corrected chi connectivity index (χ2v) is 6.12. The molecule has 1 amide bonds. The molecule has 2 N–H and O–H groups in total. The first-order valence-corrected chi connectivity index (χ1v) is 7.66. The molecule has 0 bridgehead atoms. The number of carbonyl (C=O) groups is 1. The molecule has 3 nitrogen and oxygen atoms in total. The van der Waals surface area contributed by atoms with Crippen molar-refractivity contribution in [1.82, 2.24) is 5.32 Å². The third-order valence-corrected chi connectivity index (χ3v) is 4.89. The lowest BCUT2D eigenvalue weighted by atomic mass is 9.67. The van der Waals surface area contributed by atoms with E-state index < -0.39 is 0 Å². The summed E-state index contributed by atoms with van der Waals surface area (Å²) in [6.45, 7) is 2.35. The lowest BCUT2D eigenvalue weighted by Gasteiger charge is -2.38. The minimum Gasteiger partial charge on any atom is -0.391 e. The number of fused-ring (bicyclic) bond motifs is 1. The Morgan fingerprint density at radius 3 is 2.67 bits per heavy atom. The van der Waals surface area contributed by atoms with Crippen LogP contribution in [0.2, 0.25) is 0 Å². The Labute approximate surface area is 110 Å². The van der Waals surface area contributed by atoms with Gasteiger partial charge in [0, 0.05) is 12.5 Å². The van der Waals surface area contributed by atoms with Crippen molar-refractivity contribution in [2.45, 2.75) is 64.4 Å². The van der Waals surface area contributed by atoms with Crippen LogP contribution in [0.15, 0.2) is 0 Å². The average Bonchev–Trinajstić information content (AvgIpc) is 2.43. The molecule has 104 valence electrons. The lowest BCUT2D eigenvalue weighted by molar-refractivity contribution is -0.127. The molecular formula is C15H27NO2. The van der Waals surface area contributed by atoms with Gasteiger partial charge in [0.15, 0.2) is 0 Å². The van der Waals surface area contributed by atoms with Crippen molar-refractivity contribution in [3.05, 3.63) is 0 Å². The first-order valence-electron chi connectivity index (χ1n) is 7.66. The summed E-state index contributed by atoms with van der Waals surface area (Å²) in [6.07, 6.45) is 9.13. The minimum absolute atomic E-state index is 0.173. The zero-order chi connectivity index (χ0) is 13.0. The van der Waals surface area contributed by atoms with Gasteiger partial charge in [0.25, 0.3) is 0 Å². The van der Waals surface area contributed by atoms with Crippen LogP contribution in [0.3, 0.4) is 0 Å². The van der Waals surface area contributed by atoms with E-state index in [0.29, 0.717) is 13.0 Å². The average molecular weight is 253 g/mol. The molecule has 4 atom stereocenters. The Morgan fingerprint density at radius 1 is 1.22 bits per heavy atom. The third-order valence-electron chi connectivity index (χ3n) is 4.89. The molecule has 3 heteroatoms. The van der Waals surface area contributed by atoms with E-state index in [4.69, 9.17) is 0 Å². The Kier molecular flexibility index (Phi) is 5.04. The van der Waals surface area contributed by atoms with E-state index in [0.717, 1.165) is 24.7 Å². The van der Waals surface area contributed by atoms with Crippen LogP contribution in [0.25, 0.3) is 0 Å². The van der Waals surface area contributed by atoms with Crippen LogP contribution in [0, 0.1) is 17.8 Å². The highest BCUT2D eigenvalue weighted by atomic mass is 16.3. The van der Waals surface area contributed by atoms with Gasteiger partial charge in [0.05, 0.1) is 6.10 Å². The second kappa shape index (κ2) is 6.55. The fourth-order valence-corrected chi connectivity index (χ4v) is 3.62. The zero-order valence-electron chi connectivity index (χ0n) is 11.5. The van der Waals surface area contributed by atoms with E-state index in [1.165, 1.54) is 32.1 Å². The highest BCUT2D eigenvalue weighted by Crippen LogP contribution is 2.42. The lowest BCUT2D eigenvalue weighted by Crippen LogP contribution is -2.40. The number of nitrogens with one attached hydrogen (secondary N) is 1. The maximum atomic E-state index is 12.1. The summed E-state index contributed by atoms with van der Waals surface area (Å²) in [5, 5.41) is 12.4. The van der Waals surface area contributed by atoms with Crippen LogP contribution < -0.4 is 5.32 Å². The van der Waals surface area contributed by atoms with Crippen LogP contribution >= 0.6 is 0 Å². The van der Waals surface area contributed by atoms with Crippen molar-refractivity contribution < 1.29 is 9.90 Å². The molecule has 0 aromatic carbocycles. The third kappa shape index (κ3) is 3.47. The summed E-state index contributed by atoms with van der Waals surface area (Å²) in [5.74, 6) is 2.06. The molecule has 2 rings (SSSR count). The molecule has 2 aliphatic rings. The SMILES string of the molecule is CCC(O)CNC(=O)C1CCC2CCCCC2C1. The summed E-state index contributed by atoms with van der Waals surface area (Å²) in [5.41, 5.74) is 0. The zero-order valence-corrected chi connectivity index (χ0v) is 11.5. The largest absolute Gasteiger partial charge is 0.391 e. The Balaban J connectivity index is 1.77. The number of carbonyl (C=O) groups excluding carboxylic acids is 1. The maximum absolute atomic E-state index is 12.1. The molecule has 2 aliphatic carbocycles. The van der Waals surface area contributed by atoms with Crippen molar-refractivity contribution in [1.29, 1.82) is 0 Å². The molecule has 0 aromatic heterocycles. The molecular weight excluding hydrogens is 226 g/mol. The molecule has 18 heavy (non-hydrogen) atoms. The fraction of sp³-hybridized carbons (Fsp3) is 0.933. The molecule has 2 saturated carbocycles. The summed E-state index contributed by atoms with van der Waals surface area (Å²) in [7, 11) is 0. The van der Waals surface area contributed by atoms with E-state index in [9.17, 15) is 9.90 Å². The van der Waals surface area contributed by atoms with Crippen molar-refractivity contribution in [2.24, 2.45) is 17.8 Å². The summed E-state index contributed by atoms with van der Waals surface area (Å²) in [4.78, 5) is 12.1. The predicted octanol–water partition coefficient (Wildman–Crippen LogP) is 2.48. The first kappa shape index (κ1) is 13.9. The van der Waals surface area contributed by atoms with Crippen molar-refractivity contribution in [3.8, 4) is 0 Å². The number of aliphatic hydroxyl groups excluding tert-OH is 1. The normalized spacial score (nSPS) is 33.6. The Hall–Kier alpha value is -0.570. The van der Waals surface area contributed by atoms with Gasteiger partial charge >= 0.3 is 0 Å². The van der Waals surface area contributed by atoms with E-state index in [2.05, 4.69) is 5.32 Å². The second-order valence-electron chi connectivity index (χ2n) is 6.12. The molecule has 0 heterocycles. The Bertz CT molecular complexity index is 280. The Morgan fingerprint density at radius 2 is 1.94 bits per heavy atom. The van der Waals surface area contributed by atoms with Crippen LogP contribution in [0.1, 0.15) is 58.3 Å². The fourth-order valence-electron chi connectivity index (χ4n) is 3.62. The number of hydrogen-bond donors (Lipinski definition) is 2. The quantitative estimate of drug-likeness (QED) is 0.808. The van der Waals surface area contributed by atoms with Crippen molar-refractivity contribution in [3.63, 3.8) is 0 Å². The molecule has 0 aromatic rings. The van der Waals surface area contributed by atoms with Crippen molar-refractivity contribution >= 4 is 5.91 Å². The standard InChI is InChI=1S/C15H27NO2/c1-2-14(17)10-16-15(18)13-8-7-11-5-3-4-6-12(11)9-13/h11-14,17H,2-10H2,1H3,(H,16,18). The highest BCUT2D eigenvalue weighted by Gasteiger charge is 2.34. The van der Waals surface area contributed by atoms with Gasteiger partial charge in [-0.05, 0) is 37.5 Å². The molecule has 4 unspecified atom stereocenters. The van der Waals surface area contributed by atoms with Crippen LogP contribution in [-0.4, -0.2) is 23.7 Å². The molecule has 0 radical (unpaired) electrons. The predicted molar refractivity (Wildman–Crippen MR) is 72.1 cm³/mol. The van der Waals surface area contributed by atoms with Gasteiger partial charge in [-0.2, -0.15) is 0 Å². The smallest absolute Gasteiger partial charge is 0.223 e. The highest BCUT2D eigenvalue weighted by molar-refractivity contribution is 5.78. The first-order chi connectivity index (χ1) is 8.70. The summed E-state index contributed by atoms with van der Waals surface area (Å²) < 4.78 is 0. The number of aliphatic hydroxyl groups is 1. The number of rotatable bonds is 4. The molecule has 0 saturated heterocycles. The van der Waals surface area contributed by atoms with Gasteiger partial charge in [-0.25, -0.2) is 0 Å². The van der Waals surface area contributed by atoms with E-state index in [1.807, 2.05) is 6.92 Å². The maximum Gasteiger partial charge on any atom is 0.223 e. The summed E-state index contributed by atoms with van der Waals surface area (Å²) >= 11 is 0.